The van der Waals surface area contributed by atoms with Gasteiger partial charge in [-0.15, -0.1) is 0 Å². The minimum Gasteiger partial charge on any atom is -0.451 e. The van der Waals surface area contributed by atoms with Gasteiger partial charge in [-0.05, 0) is 51.7 Å². The van der Waals surface area contributed by atoms with E-state index in [1.165, 1.54) is 0 Å². The highest BCUT2D eigenvalue weighted by Gasteiger charge is 2.43. The summed E-state index contributed by atoms with van der Waals surface area (Å²) in [4.78, 5) is 30.2. The molecular formula is C23H30N2O5. The van der Waals surface area contributed by atoms with Crippen LogP contribution in [0.15, 0.2) is 34.7 Å². The van der Waals surface area contributed by atoms with Crippen molar-refractivity contribution in [2.24, 2.45) is 0 Å². The van der Waals surface area contributed by atoms with Gasteiger partial charge in [0.25, 0.3) is 5.91 Å². The molecule has 2 aliphatic heterocycles. The summed E-state index contributed by atoms with van der Waals surface area (Å²) in [6, 6.07) is 8.73. The zero-order chi connectivity index (χ0) is 21.1. The molecule has 0 aliphatic carbocycles. The second-order valence-corrected chi connectivity index (χ2v) is 7.83. The van der Waals surface area contributed by atoms with Crippen molar-refractivity contribution in [1.82, 2.24) is 9.80 Å². The molecule has 0 N–H and O–H groups in total. The fourth-order valence-electron chi connectivity index (χ4n) is 4.63. The van der Waals surface area contributed by atoms with Crippen molar-refractivity contribution >= 4 is 22.8 Å². The van der Waals surface area contributed by atoms with Crippen LogP contribution in [0.25, 0.3) is 11.0 Å². The standard InChI is InChI=1S/C23H30N2O5/c1-3-28-23(29-4-2)18-11-8-14-25(18)21(26)17-10-7-13-24(17)22(27)20-15-16-9-5-6-12-19(16)30-20/h5-6,9,12,15,17-18,23H,3-4,7-8,10-11,13-14H2,1-2H3/t17-,18?/m0/s1. The number of carbonyl (C=O) groups is 2. The number of furan rings is 1. The lowest BCUT2D eigenvalue weighted by Gasteiger charge is -2.34. The van der Waals surface area contributed by atoms with Crippen molar-refractivity contribution < 1.29 is 23.5 Å². The first-order valence-electron chi connectivity index (χ1n) is 11.0. The molecule has 2 fully saturated rings. The topological polar surface area (TPSA) is 72.2 Å². The Morgan fingerprint density at radius 1 is 1.07 bits per heavy atom. The van der Waals surface area contributed by atoms with E-state index >= 15 is 0 Å². The average Bonchev–Trinajstić information content (AvgIpc) is 3.51. The molecule has 1 unspecified atom stereocenters. The van der Waals surface area contributed by atoms with E-state index in [0.717, 1.165) is 24.6 Å². The number of ether oxygens (including phenoxy) is 2. The Bertz CT molecular complexity index is 856. The van der Waals surface area contributed by atoms with Crippen LogP contribution in [-0.4, -0.2) is 66.3 Å². The Morgan fingerprint density at radius 3 is 2.50 bits per heavy atom. The molecule has 30 heavy (non-hydrogen) atoms. The minimum atomic E-state index is -0.463. The van der Waals surface area contributed by atoms with Gasteiger partial charge in [0.2, 0.25) is 5.91 Å². The van der Waals surface area contributed by atoms with Crippen LogP contribution in [0.1, 0.15) is 50.1 Å². The molecule has 1 aromatic carbocycles. The summed E-state index contributed by atoms with van der Waals surface area (Å²) in [5, 5.41) is 0.888. The first kappa shape index (κ1) is 20.9. The predicted octanol–water partition coefficient (Wildman–Crippen LogP) is 3.43. The van der Waals surface area contributed by atoms with Crippen LogP contribution in [0.3, 0.4) is 0 Å². The summed E-state index contributed by atoms with van der Waals surface area (Å²) in [7, 11) is 0. The van der Waals surface area contributed by atoms with Gasteiger partial charge in [0.15, 0.2) is 12.1 Å². The average molecular weight is 415 g/mol. The maximum atomic E-state index is 13.5. The van der Waals surface area contributed by atoms with Gasteiger partial charge in [-0.25, -0.2) is 0 Å². The Balaban J connectivity index is 1.52. The van der Waals surface area contributed by atoms with Crippen LogP contribution in [-0.2, 0) is 14.3 Å². The summed E-state index contributed by atoms with van der Waals surface area (Å²) < 4.78 is 17.3. The zero-order valence-corrected chi connectivity index (χ0v) is 17.7. The number of likely N-dealkylation sites (tertiary alicyclic amines) is 2. The summed E-state index contributed by atoms with van der Waals surface area (Å²) >= 11 is 0. The van der Waals surface area contributed by atoms with Crippen molar-refractivity contribution in [3.05, 3.63) is 36.1 Å². The lowest BCUT2D eigenvalue weighted by atomic mass is 10.1. The first-order valence-corrected chi connectivity index (χ1v) is 11.0. The third-order valence-corrected chi connectivity index (χ3v) is 5.99. The summed E-state index contributed by atoms with van der Waals surface area (Å²) in [5.74, 6) is 0.0585. The molecule has 0 radical (unpaired) electrons. The quantitative estimate of drug-likeness (QED) is 0.649. The first-order chi connectivity index (χ1) is 14.6. The third-order valence-electron chi connectivity index (χ3n) is 5.99. The fraction of sp³-hybridized carbons (Fsp3) is 0.565. The normalized spacial score (nSPS) is 21.8. The Hall–Kier alpha value is -2.38. The number of hydrogen-bond donors (Lipinski definition) is 0. The molecule has 7 heteroatoms. The maximum absolute atomic E-state index is 13.5. The second kappa shape index (κ2) is 9.18. The number of amides is 2. The number of para-hydroxylation sites is 1. The minimum absolute atomic E-state index is 0.0103. The van der Waals surface area contributed by atoms with E-state index in [4.69, 9.17) is 13.9 Å². The highest BCUT2D eigenvalue weighted by molar-refractivity contribution is 5.99. The number of benzene rings is 1. The maximum Gasteiger partial charge on any atom is 0.290 e. The van der Waals surface area contributed by atoms with Crippen molar-refractivity contribution in [1.29, 1.82) is 0 Å². The molecule has 0 bridgehead atoms. The van der Waals surface area contributed by atoms with E-state index < -0.39 is 12.3 Å². The van der Waals surface area contributed by atoms with Crippen molar-refractivity contribution in [2.75, 3.05) is 26.3 Å². The van der Waals surface area contributed by atoms with Gasteiger partial charge in [0, 0.05) is 31.7 Å². The SMILES string of the molecule is CCOC(OCC)C1CCCN1C(=O)[C@@H]1CCCN1C(=O)c1cc2ccccc2o1. The molecule has 2 aromatic rings. The van der Waals surface area contributed by atoms with E-state index in [9.17, 15) is 9.59 Å². The van der Waals surface area contributed by atoms with Gasteiger partial charge in [0.05, 0.1) is 6.04 Å². The summed E-state index contributed by atoms with van der Waals surface area (Å²) in [6.45, 7) is 6.15. The zero-order valence-electron chi connectivity index (χ0n) is 17.7. The third kappa shape index (κ3) is 3.96. The van der Waals surface area contributed by atoms with Gasteiger partial charge in [-0.3, -0.25) is 9.59 Å². The highest BCUT2D eigenvalue weighted by atomic mass is 16.7. The number of carbonyl (C=O) groups excluding carboxylic acids is 2. The Kier molecular flexibility index (Phi) is 6.39. The molecule has 1 aromatic heterocycles. The largest absolute Gasteiger partial charge is 0.451 e. The fourth-order valence-corrected chi connectivity index (χ4v) is 4.63. The van der Waals surface area contributed by atoms with Gasteiger partial charge in [-0.1, -0.05) is 18.2 Å². The smallest absolute Gasteiger partial charge is 0.290 e. The van der Waals surface area contributed by atoms with Crippen LogP contribution in [0.4, 0.5) is 0 Å². The van der Waals surface area contributed by atoms with Crippen LogP contribution < -0.4 is 0 Å². The Morgan fingerprint density at radius 2 is 1.77 bits per heavy atom. The molecule has 4 rings (SSSR count). The van der Waals surface area contributed by atoms with Crippen molar-refractivity contribution in [3.63, 3.8) is 0 Å². The van der Waals surface area contributed by atoms with Gasteiger partial charge in [-0.2, -0.15) is 0 Å². The van der Waals surface area contributed by atoms with E-state index in [0.29, 0.717) is 38.3 Å². The lowest BCUT2D eigenvalue weighted by Crippen LogP contribution is -2.52. The predicted molar refractivity (Wildman–Crippen MR) is 112 cm³/mol. The van der Waals surface area contributed by atoms with Gasteiger partial charge >= 0.3 is 0 Å². The number of rotatable bonds is 7. The van der Waals surface area contributed by atoms with E-state index in [-0.39, 0.29) is 23.6 Å². The molecule has 2 atom stereocenters. The lowest BCUT2D eigenvalue weighted by molar-refractivity contribution is -0.176. The molecule has 162 valence electrons. The molecule has 2 amide bonds. The number of hydrogen-bond acceptors (Lipinski definition) is 5. The van der Waals surface area contributed by atoms with Gasteiger partial charge in [0.1, 0.15) is 11.6 Å². The van der Waals surface area contributed by atoms with Crippen molar-refractivity contribution in [2.45, 2.75) is 57.9 Å². The van der Waals surface area contributed by atoms with E-state index in [1.54, 1.807) is 11.0 Å². The Labute approximate surface area is 176 Å². The van der Waals surface area contributed by atoms with Crippen LogP contribution in [0, 0.1) is 0 Å². The monoisotopic (exact) mass is 414 g/mol. The summed E-state index contributed by atoms with van der Waals surface area (Å²) in [5.41, 5.74) is 0.679. The molecule has 3 heterocycles. The summed E-state index contributed by atoms with van der Waals surface area (Å²) in [6.07, 6.45) is 2.81. The molecular weight excluding hydrogens is 384 g/mol. The van der Waals surface area contributed by atoms with Gasteiger partial charge < -0.3 is 23.7 Å². The molecule has 2 saturated heterocycles. The van der Waals surface area contributed by atoms with E-state index in [2.05, 4.69) is 0 Å². The van der Waals surface area contributed by atoms with Crippen LogP contribution in [0.5, 0.6) is 0 Å². The van der Waals surface area contributed by atoms with Crippen molar-refractivity contribution in [3.8, 4) is 0 Å². The number of fused-ring (bicyclic) bond motifs is 1. The molecule has 0 spiro atoms. The van der Waals surface area contributed by atoms with Crippen LogP contribution >= 0.6 is 0 Å². The van der Waals surface area contributed by atoms with E-state index in [1.807, 2.05) is 43.0 Å². The molecule has 7 nitrogen and oxygen atoms in total. The molecule has 0 saturated carbocycles. The highest BCUT2D eigenvalue weighted by Crippen LogP contribution is 2.29. The molecule has 2 aliphatic rings. The van der Waals surface area contributed by atoms with Crippen LogP contribution in [0.2, 0.25) is 0 Å². The number of nitrogens with zero attached hydrogens (tertiary/aromatic N) is 2. The second-order valence-electron chi connectivity index (χ2n) is 7.83.